The average Bonchev–Trinajstić information content (AvgIpc) is 2.29. The molecule has 0 aliphatic heterocycles. The highest BCUT2D eigenvalue weighted by molar-refractivity contribution is 8.00. The Morgan fingerprint density at radius 2 is 1.94 bits per heavy atom. The summed E-state index contributed by atoms with van der Waals surface area (Å²) in [5.41, 5.74) is 0. The fraction of sp³-hybridized carbons (Fsp3) is 0.200. The first kappa shape index (κ1) is 11.3. The first-order valence-corrected chi connectivity index (χ1v) is 6.44. The van der Waals surface area contributed by atoms with Gasteiger partial charge in [-0.1, -0.05) is 43.3 Å². The molecule has 0 aliphatic carbocycles. The number of rotatable bonds is 4. The predicted molar refractivity (Wildman–Crippen MR) is 74.1 cm³/mol. The topological polar surface area (TPSA) is 0 Å². The largest absolute Gasteiger partial charge is 0.123 e. The Morgan fingerprint density at radius 3 is 2.69 bits per heavy atom. The molecule has 0 heterocycles. The van der Waals surface area contributed by atoms with E-state index in [1.54, 1.807) is 0 Å². The molecule has 0 radical (unpaired) electrons. The molecular weight excluding hydrogens is 212 g/mol. The van der Waals surface area contributed by atoms with Crippen LogP contribution in [0.2, 0.25) is 0 Å². The van der Waals surface area contributed by atoms with Gasteiger partial charge in [-0.15, -0.1) is 18.3 Å². The van der Waals surface area contributed by atoms with Gasteiger partial charge in [-0.3, -0.25) is 0 Å². The van der Waals surface area contributed by atoms with Crippen molar-refractivity contribution in [1.82, 2.24) is 0 Å². The average molecular weight is 228 g/mol. The molecule has 0 amide bonds. The van der Waals surface area contributed by atoms with E-state index in [1.165, 1.54) is 15.7 Å². The van der Waals surface area contributed by atoms with Gasteiger partial charge in [0.05, 0.1) is 0 Å². The third-order valence-electron chi connectivity index (χ3n) is 2.56. The summed E-state index contributed by atoms with van der Waals surface area (Å²) in [5.74, 6) is 0. The number of fused-ring (bicyclic) bond motifs is 1. The van der Waals surface area contributed by atoms with Gasteiger partial charge in [-0.2, -0.15) is 0 Å². The highest BCUT2D eigenvalue weighted by Gasteiger charge is 2.02. The zero-order valence-corrected chi connectivity index (χ0v) is 10.3. The fourth-order valence-electron chi connectivity index (χ4n) is 1.76. The van der Waals surface area contributed by atoms with Crippen LogP contribution in [0.1, 0.15) is 13.3 Å². The van der Waals surface area contributed by atoms with E-state index >= 15 is 0 Å². The highest BCUT2D eigenvalue weighted by atomic mass is 32.2. The maximum atomic E-state index is 3.78. The Hall–Kier alpha value is -1.21. The molecule has 0 nitrogen and oxygen atoms in total. The van der Waals surface area contributed by atoms with Crippen LogP contribution >= 0.6 is 11.8 Å². The SMILES string of the molecule is C=CCC(C)Sc1ccc2ccccc2c1. The van der Waals surface area contributed by atoms with Crippen LogP contribution in [0, 0.1) is 0 Å². The molecule has 0 bridgehead atoms. The van der Waals surface area contributed by atoms with Crippen LogP contribution in [0.4, 0.5) is 0 Å². The van der Waals surface area contributed by atoms with Gasteiger partial charge in [-0.05, 0) is 29.3 Å². The molecule has 1 atom stereocenters. The second-order valence-corrected chi connectivity index (χ2v) is 5.47. The Kier molecular flexibility index (Phi) is 3.68. The summed E-state index contributed by atoms with van der Waals surface area (Å²) in [6.45, 7) is 6.02. The molecule has 0 saturated carbocycles. The molecule has 0 saturated heterocycles. The van der Waals surface area contributed by atoms with E-state index < -0.39 is 0 Å². The molecule has 0 N–H and O–H groups in total. The zero-order chi connectivity index (χ0) is 11.4. The van der Waals surface area contributed by atoms with E-state index in [2.05, 4.69) is 56.0 Å². The third kappa shape index (κ3) is 2.67. The van der Waals surface area contributed by atoms with Gasteiger partial charge in [0.15, 0.2) is 0 Å². The third-order valence-corrected chi connectivity index (χ3v) is 3.68. The van der Waals surface area contributed by atoms with Gasteiger partial charge in [0, 0.05) is 10.1 Å². The van der Waals surface area contributed by atoms with Crippen LogP contribution in [0.15, 0.2) is 60.0 Å². The summed E-state index contributed by atoms with van der Waals surface area (Å²) in [4.78, 5) is 1.34. The van der Waals surface area contributed by atoms with Crippen LogP contribution in [0.25, 0.3) is 10.8 Å². The smallest absolute Gasteiger partial charge is 0.0100 e. The molecule has 0 fully saturated rings. The Morgan fingerprint density at radius 1 is 1.19 bits per heavy atom. The Balaban J connectivity index is 2.22. The first-order valence-electron chi connectivity index (χ1n) is 5.56. The molecule has 0 aromatic heterocycles. The number of benzene rings is 2. The van der Waals surface area contributed by atoms with Crippen molar-refractivity contribution >= 4 is 22.5 Å². The van der Waals surface area contributed by atoms with Crippen LogP contribution in [0.3, 0.4) is 0 Å². The monoisotopic (exact) mass is 228 g/mol. The summed E-state index contributed by atoms with van der Waals surface area (Å²) in [5, 5.41) is 3.22. The molecular formula is C15H16S. The summed E-state index contributed by atoms with van der Waals surface area (Å²) < 4.78 is 0. The maximum absolute atomic E-state index is 3.78. The van der Waals surface area contributed by atoms with E-state index in [0.717, 1.165) is 6.42 Å². The summed E-state index contributed by atoms with van der Waals surface area (Å²) >= 11 is 1.91. The lowest BCUT2D eigenvalue weighted by Crippen LogP contribution is -1.92. The minimum atomic E-state index is 0.596. The zero-order valence-electron chi connectivity index (χ0n) is 9.52. The number of thioether (sulfide) groups is 1. The number of allylic oxidation sites excluding steroid dienone is 1. The first-order chi connectivity index (χ1) is 7.79. The van der Waals surface area contributed by atoms with Gasteiger partial charge in [-0.25, -0.2) is 0 Å². The lowest BCUT2D eigenvalue weighted by atomic mass is 10.1. The van der Waals surface area contributed by atoms with Gasteiger partial charge >= 0.3 is 0 Å². The van der Waals surface area contributed by atoms with Crippen LogP contribution in [-0.2, 0) is 0 Å². The minimum Gasteiger partial charge on any atom is -0.123 e. The summed E-state index contributed by atoms with van der Waals surface area (Å²) in [6, 6.07) is 15.1. The molecule has 0 aliphatic rings. The Bertz CT molecular complexity index is 488. The van der Waals surface area contributed by atoms with Crippen LogP contribution in [-0.4, -0.2) is 5.25 Å². The second kappa shape index (κ2) is 5.22. The number of hydrogen-bond donors (Lipinski definition) is 0. The molecule has 16 heavy (non-hydrogen) atoms. The molecule has 1 heteroatoms. The van der Waals surface area contributed by atoms with E-state index in [9.17, 15) is 0 Å². The van der Waals surface area contributed by atoms with E-state index in [1.807, 2.05) is 17.8 Å². The summed E-state index contributed by atoms with van der Waals surface area (Å²) in [6.07, 6.45) is 3.04. The van der Waals surface area contributed by atoms with Gasteiger partial charge < -0.3 is 0 Å². The lowest BCUT2D eigenvalue weighted by molar-refractivity contribution is 0.983. The van der Waals surface area contributed by atoms with Crippen molar-refractivity contribution in [3.8, 4) is 0 Å². The van der Waals surface area contributed by atoms with E-state index in [4.69, 9.17) is 0 Å². The predicted octanol–water partition coefficient (Wildman–Crippen LogP) is 4.90. The van der Waals surface area contributed by atoms with Crippen LogP contribution in [0.5, 0.6) is 0 Å². The van der Waals surface area contributed by atoms with Crippen molar-refractivity contribution in [3.05, 3.63) is 55.1 Å². The minimum absolute atomic E-state index is 0.596. The fourth-order valence-corrected chi connectivity index (χ4v) is 2.79. The van der Waals surface area contributed by atoms with Crippen molar-refractivity contribution in [2.45, 2.75) is 23.5 Å². The van der Waals surface area contributed by atoms with E-state index in [-0.39, 0.29) is 0 Å². The quantitative estimate of drug-likeness (QED) is 0.530. The molecule has 82 valence electrons. The second-order valence-electron chi connectivity index (χ2n) is 3.96. The molecule has 2 aromatic rings. The molecule has 1 unspecified atom stereocenters. The molecule has 0 spiro atoms. The number of hydrogen-bond acceptors (Lipinski definition) is 1. The molecule has 2 rings (SSSR count). The van der Waals surface area contributed by atoms with Crippen molar-refractivity contribution in [2.24, 2.45) is 0 Å². The van der Waals surface area contributed by atoms with Gasteiger partial charge in [0.2, 0.25) is 0 Å². The van der Waals surface area contributed by atoms with Gasteiger partial charge in [0.1, 0.15) is 0 Å². The Labute approximate surface area is 101 Å². The van der Waals surface area contributed by atoms with Crippen LogP contribution < -0.4 is 0 Å². The summed E-state index contributed by atoms with van der Waals surface area (Å²) in [7, 11) is 0. The van der Waals surface area contributed by atoms with Crippen molar-refractivity contribution in [1.29, 1.82) is 0 Å². The van der Waals surface area contributed by atoms with Crippen molar-refractivity contribution < 1.29 is 0 Å². The standard InChI is InChI=1S/C15H16S/c1-3-6-12(2)16-15-10-9-13-7-4-5-8-14(13)11-15/h3-5,7-12H,1,6H2,2H3. The normalized spacial score (nSPS) is 12.6. The van der Waals surface area contributed by atoms with Crippen molar-refractivity contribution in [2.75, 3.05) is 0 Å². The van der Waals surface area contributed by atoms with Crippen molar-refractivity contribution in [3.63, 3.8) is 0 Å². The highest BCUT2D eigenvalue weighted by Crippen LogP contribution is 2.28. The maximum Gasteiger partial charge on any atom is 0.0100 e. The van der Waals surface area contributed by atoms with E-state index in [0.29, 0.717) is 5.25 Å². The molecule has 2 aromatic carbocycles. The van der Waals surface area contributed by atoms with Gasteiger partial charge in [0.25, 0.3) is 0 Å². The lowest BCUT2D eigenvalue weighted by Gasteiger charge is -2.09.